The van der Waals surface area contributed by atoms with Crippen LogP contribution in [-0.2, 0) is 26.7 Å². The Kier molecular flexibility index (Phi) is 9.33. The first-order valence-electron chi connectivity index (χ1n) is 14.4. The Bertz CT molecular complexity index is 1870. The SMILES string of the molecule is CC(C)N1CCN(c2ccc(C3=C(c4ccc(OS(=O)(=O)C(F)(F)F)cc4)CCc4cc(OS(=O)(=O)C(F)(F)F)ccc43)cc2)CC1. The molecule has 0 unspecified atom stereocenters. The van der Waals surface area contributed by atoms with Crippen molar-refractivity contribution in [3.8, 4) is 11.5 Å². The van der Waals surface area contributed by atoms with Crippen LogP contribution in [0.3, 0.4) is 0 Å². The fourth-order valence-electron chi connectivity index (χ4n) is 5.63. The molecule has 0 bridgehead atoms. The molecule has 1 saturated heterocycles. The van der Waals surface area contributed by atoms with E-state index in [1.807, 2.05) is 24.3 Å². The van der Waals surface area contributed by atoms with E-state index in [1.54, 1.807) is 0 Å². The van der Waals surface area contributed by atoms with Crippen molar-refractivity contribution in [1.82, 2.24) is 4.90 Å². The molecule has 0 spiro atoms. The van der Waals surface area contributed by atoms with Crippen LogP contribution in [0.1, 0.15) is 42.5 Å². The van der Waals surface area contributed by atoms with Gasteiger partial charge in [-0.25, -0.2) is 0 Å². The van der Waals surface area contributed by atoms with Crippen LogP contribution in [0.2, 0.25) is 0 Å². The third-order valence-electron chi connectivity index (χ3n) is 8.04. The topological polar surface area (TPSA) is 93.2 Å². The quantitative estimate of drug-likeness (QED) is 0.148. The molecule has 1 heterocycles. The average Bonchev–Trinajstić information content (AvgIpc) is 2.99. The molecule has 0 N–H and O–H groups in total. The first-order chi connectivity index (χ1) is 21.9. The van der Waals surface area contributed by atoms with Gasteiger partial charge in [0.1, 0.15) is 11.5 Å². The molecule has 1 aliphatic carbocycles. The van der Waals surface area contributed by atoms with Gasteiger partial charge in [0.05, 0.1) is 0 Å². The first-order valence-corrected chi connectivity index (χ1v) is 17.3. The lowest BCUT2D eigenvalue weighted by Crippen LogP contribution is -2.48. The summed E-state index contributed by atoms with van der Waals surface area (Å²) in [4.78, 5) is 4.64. The van der Waals surface area contributed by atoms with Crippen molar-refractivity contribution in [1.29, 1.82) is 0 Å². The average molecular weight is 705 g/mol. The van der Waals surface area contributed by atoms with Gasteiger partial charge in [-0.05, 0) is 96.5 Å². The van der Waals surface area contributed by atoms with Gasteiger partial charge in [0.15, 0.2) is 0 Å². The van der Waals surface area contributed by atoms with E-state index >= 15 is 0 Å². The predicted molar refractivity (Wildman–Crippen MR) is 164 cm³/mol. The van der Waals surface area contributed by atoms with E-state index in [-0.39, 0.29) is 6.42 Å². The number of rotatable bonds is 8. The van der Waals surface area contributed by atoms with Crippen molar-refractivity contribution in [3.63, 3.8) is 0 Å². The lowest BCUT2D eigenvalue weighted by Gasteiger charge is -2.38. The van der Waals surface area contributed by atoms with Gasteiger partial charge in [0, 0.05) is 37.9 Å². The zero-order valence-corrected chi connectivity index (χ0v) is 26.7. The molecule has 1 aliphatic heterocycles. The number of anilines is 1. The molecule has 1 fully saturated rings. The van der Waals surface area contributed by atoms with Crippen LogP contribution >= 0.6 is 0 Å². The van der Waals surface area contributed by atoms with Crippen LogP contribution in [0.5, 0.6) is 11.5 Å². The van der Waals surface area contributed by atoms with Crippen molar-refractivity contribution in [2.45, 2.75) is 43.7 Å². The standard InChI is InChI=1S/C31H30F6N2O6S2/c1-20(2)38-15-17-39(18-16-38)24-8-3-22(4-9-24)29-27(21-5-10-25(11-6-21)44-46(40,41)30(32,33)34)13-7-23-19-26(12-14-28(23)29)45-47(42,43)31(35,36)37/h3-6,8-12,14,19-20H,7,13,15-18H2,1-2H3. The molecular weight excluding hydrogens is 674 g/mol. The third-order valence-corrected chi connectivity index (χ3v) is 10.00. The maximum Gasteiger partial charge on any atom is 0.534 e. The van der Waals surface area contributed by atoms with Gasteiger partial charge >= 0.3 is 31.3 Å². The minimum Gasteiger partial charge on any atom is -0.376 e. The van der Waals surface area contributed by atoms with Gasteiger partial charge in [0.2, 0.25) is 0 Å². The zero-order chi connectivity index (χ0) is 34.4. The Morgan fingerprint density at radius 1 is 0.660 bits per heavy atom. The van der Waals surface area contributed by atoms with Crippen molar-refractivity contribution >= 4 is 37.1 Å². The van der Waals surface area contributed by atoms with Gasteiger partial charge in [-0.15, -0.1) is 0 Å². The highest BCUT2D eigenvalue weighted by Crippen LogP contribution is 2.43. The summed E-state index contributed by atoms with van der Waals surface area (Å²) in [6.45, 7) is 7.76. The summed E-state index contributed by atoms with van der Waals surface area (Å²) >= 11 is 0. The molecule has 47 heavy (non-hydrogen) atoms. The van der Waals surface area contributed by atoms with Gasteiger partial charge in [-0.3, -0.25) is 4.90 Å². The number of allylic oxidation sites excluding steroid dienone is 1. The zero-order valence-electron chi connectivity index (χ0n) is 25.1. The monoisotopic (exact) mass is 704 g/mol. The molecule has 0 radical (unpaired) electrons. The molecule has 3 aromatic carbocycles. The normalized spacial score (nSPS) is 16.7. The van der Waals surface area contributed by atoms with Crippen molar-refractivity contribution in [2.75, 3.05) is 31.1 Å². The molecule has 0 amide bonds. The molecule has 0 saturated carbocycles. The van der Waals surface area contributed by atoms with Gasteiger partial charge in [-0.1, -0.05) is 30.3 Å². The third kappa shape index (κ3) is 7.38. The second-order valence-corrected chi connectivity index (χ2v) is 14.4. The minimum absolute atomic E-state index is 0.260. The summed E-state index contributed by atoms with van der Waals surface area (Å²) in [7, 11) is -11.8. The van der Waals surface area contributed by atoms with Crippen LogP contribution in [-0.4, -0.2) is 65.0 Å². The minimum atomic E-state index is -5.89. The van der Waals surface area contributed by atoms with E-state index < -0.39 is 42.8 Å². The van der Waals surface area contributed by atoms with E-state index in [2.05, 4.69) is 32.0 Å². The highest BCUT2D eigenvalue weighted by atomic mass is 32.2. The van der Waals surface area contributed by atoms with Crippen LogP contribution in [0.25, 0.3) is 11.1 Å². The largest absolute Gasteiger partial charge is 0.534 e. The molecule has 2 aliphatic rings. The van der Waals surface area contributed by atoms with E-state index in [0.29, 0.717) is 34.7 Å². The maximum atomic E-state index is 13.0. The van der Waals surface area contributed by atoms with Crippen molar-refractivity contribution in [2.24, 2.45) is 0 Å². The number of hydrogen-bond acceptors (Lipinski definition) is 8. The predicted octanol–water partition coefficient (Wildman–Crippen LogP) is 6.58. The van der Waals surface area contributed by atoms with Crippen molar-refractivity contribution < 1.29 is 51.5 Å². The Morgan fingerprint density at radius 3 is 1.70 bits per heavy atom. The summed E-state index contributed by atoms with van der Waals surface area (Å²) in [5.41, 5.74) is -6.49. The second-order valence-electron chi connectivity index (χ2n) is 11.3. The van der Waals surface area contributed by atoms with Gasteiger partial charge < -0.3 is 13.3 Å². The second kappa shape index (κ2) is 12.7. The fraction of sp³-hybridized carbons (Fsp3) is 0.355. The van der Waals surface area contributed by atoms with Crippen molar-refractivity contribution in [3.05, 3.63) is 89.0 Å². The van der Waals surface area contributed by atoms with E-state index in [4.69, 9.17) is 0 Å². The Hall–Kier alpha value is -3.76. The number of nitrogens with zero attached hydrogens (tertiary/aromatic N) is 2. The molecule has 3 aromatic rings. The van der Waals surface area contributed by atoms with Gasteiger partial charge in [0.25, 0.3) is 0 Å². The van der Waals surface area contributed by atoms with E-state index in [1.165, 1.54) is 24.3 Å². The van der Waals surface area contributed by atoms with Gasteiger partial charge in [-0.2, -0.15) is 43.2 Å². The number of fused-ring (bicyclic) bond motifs is 1. The summed E-state index contributed by atoms with van der Waals surface area (Å²) in [5.74, 6) is -1.05. The fourth-order valence-corrected chi connectivity index (χ4v) is 6.54. The first kappa shape index (κ1) is 34.6. The Labute approximate surface area is 268 Å². The number of hydrogen-bond donors (Lipinski definition) is 0. The summed E-state index contributed by atoms with van der Waals surface area (Å²) in [6.07, 6.45) is 0.564. The lowest BCUT2D eigenvalue weighted by molar-refractivity contribution is -0.0504. The summed E-state index contributed by atoms with van der Waals surface area (Å²) < 4.78 is 132. The summed E-state index contributed by atoms with van der Waals surface area (Å²) in [6, 6.07) is 16.9. The molecular formula is C31H30F6N2O6S2. The Morgan fingerprint density at radius 2 is 1.17 bits per heavy atom. The highest BCUT2D eigenvalue weighted by Gasteiger charge is 2.49. The highest BCUT2D eigenvalue weighted by molar-refractivity contribution is 7.88. The van der Waals surface area contributed by atoms with Crippen LogP contribution in [0, 0.1) is 0 Å². The molecule has 0 atom stereocenters. The molecule has 254 valence electrons. The van der Waals surface area contributed by atoms with Crippen LogP contribution in [0.15, 0.2) is 66.7 Å². The smallest absolute Gasteiger partial charge is 0.376 e. The van der Waals surface area contributed by atoms with Crippen LogP contribution in [0.4, 0.5) is 32.0 Å². The number of aryl methyl sites for hydroxylation is 1. The number of halogens is 6. The number of piperazine rings is 1. The maximum absolute atomic E-state index is 13.0. The molecule has 8 nitrogen and oxygen atoms in total. The van der Waals surface area contributed by atoms with E-state index in [9.17, 15) is 43.2 Å². The van der Waals surface area contributed by atoms with E-state index in [0.717, 1.165) is 61.2 Å². The number of alkyl halides is 6. The molecule has 16 heteroatoms. The Balaban J connectivity index is 1.52. The number of benzene rings is 3. The lowest BCUT2D eigenvalue weighted by atomic mass is 9.79. The molecule has 5 rings (SSSR count). The van der Waals surface area contributed by atoms with Crippen LogP contribution < -0.4 is 13.3 Å². The summed E-state index contributed by atoms with van der Waals surface area (Å²) in [5, 5.41) is 0. The molecule has 0 aromatic heterocycles.